The van der Waals surface area contributed by atoms with Gasteiger partial charge in [0.15, 0.2) is 6.61 Å². The van der Waals surface area contributed by atoms with Gasteiger partial charge in [-0.05, 0) is 20.8 Å². The first kappa shape index (κ1) is 13.8. The number of morpholine rings is 1. The van der Waals surface area contributed by atoms with Gasteiger partial charge in [-0.3, -0.25) is 4.79 Å². The van der Waals surface area contributed by atoms with Crippen LogP contribution in [0.5, 0.6) is 0 Å². The van der Waals surface area contributed by atoms with Crippen LogP contribution in [0.15, 0.2) is 0 Å². The Balaban J connectivity index is 2.25. The molecule has 0 saturated carbocycles. The summed E-state index contributed by atoms with van der Waals surface area (Å²) in [5, 5.41) is 0. The minimum Gasteiger partial charge on any atom is -0.429 e. The number of rotatable bonds is 2. The molecular formula is C11H19NO5. The van der Waals surface area contributed by atoms with Crippen molar-refractivity contribution in [3.8, 4) is 0 Å². The quantitative estimate of drug-likeness (QED) is 0.673. The zero-order valence-corrected chi connectivity index (χ0v) is 10.5. The van der Waals surface area contributed by atoms with Crippen molar-refractivity contribution in [2.75, 3.05) is 32.9 Å². The van der Waals surface area contributed by atoms with Crippen molar-refractivity contribution in [2.24, 2.45) is 0 Å². The lowest BCUT2D eigenvalue weighted by Gasteiger charge is -2.26. The van der Waals surface area contributed by atoms with E-state index in [1.807, 2.05) is 0 Å². The third-order valence-electron chi connectivity index (χ3n) is 2.07. The zero-order valence-electron chi connectivity index (χ0n) is 10.5. The Bertz CT molecular complexity index is 278. The summed E-state index contributed by atoms with van der Waals surface area (Å²) in [6, 6.07) is 0. The molecule has 1 fully saturated rings. The average Bonchev–Trinajstić information content (AvgIpc) is 2.25. The number of nitrogens with zero attached hydrogens (tertiary/aromatic N) is 1. The van der Waals surface area contributed by atoms with Crippen LogP contribution in [0.1, 0.15) is 20.8 Å². The largest absolute Gasteiger partial charge is 0.509 e. The van der Waals surface area contributed by atoms with E-state index in [2.05, 4.69) is 0 Å². The summed E-state index contributed by atoms with van der Waals surface area (Å²) in [6.07, 6.45) is -0.820. The highest BCUT2D eigenvalue weighted by Gasteiger charge is 2.21. The van der Waals surface area contributed by atoms with Crippen LogP contribution in [0.25, 0.3) is 0 Å². The molecule has 0 bridgehead atoms. The normalized spacial score (nSPS) is 16.5. The van der Waals surface area contributed by atoms with Gasteiger partial charge in [0.2, 0.25) is 0 Å². The maximum absolute atomic E-state index is 11.6. The van der Waals surface area contributed by atoms with Crippen LogP contribution >= 0.6 is 0 Å². The summed E-state index contributed by atoms with van der Waals surface area (Å²) in [7, 11) is 0. The Hall–Kier alpha value is -1.30. The fourth-order valence-electron chi connectivity index (χ4n) is 1.30. The van der Waals surface area contributed by atoms with Crippen molar-refractivity contribution < 1.29 is 23.8 Å². The van der Waals surface area contributed by atoms with E-state index in [1.165, 1.54) is 0 Å². The highest BCUT2D eigenvalue weighted by Crippen LogP contribution is 2.08. The van der Waals surface area contributed by atoms with Gasteiger partial charge in [-0.15, -0.1) is 0 Å². The van der Waals surface area contributed by atoms with Crippen molar-refractivity contribution in [3.63, 3.8) is 0 Å². The molecule has 98 valence electrons. The minimum absolute atomic E-state index is 0.223. The van der Waals surface area contributed by atoms with E-state index in [0.717, 1.165) is 0 Å². The first-order valence-corrected chi connectivity index (χ1v) is 5.60. The Kier molecular flexibility index (Phi) is 4.74. The highest BCUT2D eigenvalue weighted by atomic mass is 16.7. The van der Waals surface area contributed by atoms with Gasteiger partial charge in [0.1, 0.15) is 5.60 Å². The summed E-state index contributed by atoms with van der Waals surface area (Å²) < 4.78 is 14.8. The maximum Gasteiger partial charge on any atom is 0.509 e. The number of carbonyl (C=O) groups is 2. The predicted molar refractivity (Wildman–Crippen MR) is 59.6 cm³/mol. The van der Waals surface area contributed by atoms with Crippen LogP contribution in [0.4, 0.5) is 4.79 Å². The highest BCUT2D eigenvalue weighted by molar-refractivity contribution is 5.79. The molecule has 1 aliphatic rings. The summed E-state index contributed by atoms with van der Waals surface area (Å²) in [5.41, 5.74) is -0.612. The lowest BCUT2D eigenvalue weighted by Crippen LogP contribution is -2.43. The van der Waals surface area contributed by atoms with E-state index in [-0.39, 0.29) is 12.5 Å². The molecule has 17 heavy (non-hydrogen) atoms. The predicted octanol–water partition coefficient (Wildman–Crippen LogP) is 0.797. The molecule has 0 N–H and O–H groups in total. The Morgan fingerprint density at radius 3 is 2.35 bits per heavy atom. The molecular weight excluding hydrogens is 226 g/mol. The molecule has 1 heterocycles. The molecule has 0 aromatic rings. The van der Waals surface area contributed by atoms with Crippen LogP contribution in [0, 0.1) is 0 Å². The van der Waals surface area contributed by atoms with Crippen molar-refractivity contribution in [1.82, 2.24) is 4.90 Å². The van der Waals surface area contributed by atoms with Crippen LogP contribution in [-0.2, 0) is 19.0 Å². The SMILES string of the molecule is CC(C)(C)OC(=O)OCC(=O)N1CCOCC1. The standard InChI is InChI=1S/C11H19NO5/c1-11(2,3)17-10(14)16-8-9(13)12-4-6-15-7-5-12/h4-8H2,1-3H3. The number of carbonyl (C=O) groups excluding carboxylic acids is 2. The maximum atomic E-state index is 11.6. The van der Waals surface area contributed by atoms with Crippen molar-refractivity contribution in [3.05, 3.63) is 0 Å². The van der Waals surface area contributed by atoms with E-state index in [4.69, 9.17) is 14.2 Å². The second kappa shape index (κ2) is 5.86. The molecule has 0 aromatic heterocycles. The molecule has 1 saturated heterocycles. The van der Waals surface area contributed by atoms with Gasteiger partial charge in [-0.2, -0.15) is 0 Å². The lowest BCUT2D eigenvalue weighted by molar-refractivity contribution is -0.139. The summed E-state index contributed by atoms with van der Waals surface area (Å²) in [4.78, 5) is 24.4. The fraction of sp³-hybridized carbons (Fsp3) is 0.818. The molecule has 6 nitrogen and oxygen atoms in total. The van der Waals surface area contributed by atoms with E-state index in [9.17, 15) is 9.59 Å². The van der Waals surface area contributed by atoms with Crippen molar-refractivity contribution in [2.45, 2.75) is 26.4 Å². The minimum atomic E-state index is -0.820. The summed E-state index contributed by atoms with van der Waals surface area (Å²) in [5.74, 6) is -0.223. The first-order chi connectivity index (χ1) is 7.88. The molecule has 0 spiro atoms. The molecule has 0 atom stereocenters. The Morgan fingerprint density at radius 2 is 1.82 bits per heavy atom. The number of hydrogen-bond donors (Lipinski definition) is 0. The molecule has 0 aliphatic carbocycles. The summed E-state index contributed by atoms with van der Waals surface area (Å²) >= 11 is 0. The molecule has 0 radical (unpaired) electrons. The fourth-order valence-corrected chi connectivity index (χ4v) is 1.30. The third-order valence-corrected chi connectivity index (χ3v) is 2.07. The van der Waals surface area contributed by atoms with Gasteiger partial charge >= 0.3 is 6.16 Å². The topological polar surface area (TPSA) is 65.1 Å². The Morgan fingerprint density at radius 1 is 1.24 bits per heavy atom. The van der Waals surface area contributed by atoms with E-state index in [0.29, 0.717) is 26.3 Å². The van der Waals surface area contributed by atoms with E-state index >= 15 is 0 Å². The molecule has 1 aliphatic heterocycles. The van der Waals surface area contributed by atoms with Gasteiger partial charge in [0, 0.05) is 13.1 Å². The molecule has 1 amide bonds. The van der Waals surface area contributed by atoms with Crippen LogP contribution in [0.3, 0.4) is 0 Å². The van der Waals surface area contributed by atoms with Gasteiger partial charge in [-0.1, -0.05) is 0 Å². The molecule has 6 heteroatoms. The molecule has 0 aromatic carbocycles. The van der Waals surface area contributed by atoms with E-state index in [1.54, 1.807) is 25.7 Å². The number of ether oxygens (including phenoxy) is 3. The first-order valence-electron chi connectivity index (χ1n) is 5.60. The third kappa shape index (κ3) is 5.53. The average molecular weight is 245 g/mol. The second-order valence-corrected chi connectivity index (χ2v) is 4.75. The van der Waals surface area contributed by atoms with Gasteiger partial charge < -0.3 is 19.1 Å². The zero-order chi connectivity index (χ0) is 12.9. The summed E-state index contributed by atoms with van der Waals surface area (Å²) in [6.45, 7) is 7.05. The monoisotopic (exact) mass is 245 g/mol. The number of amides is 1. The lowest BCUT2D eigenvalue weighted by atomic mass is 10.2. The van der Waals surface area contributed by atoms with Crippen LogP contribution in [-0.4, -0.2) is 55.5 Å². The van der Waals surface area contributed by atoms with Gasteiger partial charge in [0.05, 0.1) is 13.2 Å². The molecule has 1 rings (SSSR count). The number of hydrogen-bond acceptors (Lipinski definition) is 5. The second-order valence-electron chi connectivity index (χ2n) is 4.75. The van der Waals surface area contributed by atoms with E-state index < -0.39 is 11.8 Å². The molecule has 0 unspecified atom stereocenters. The van der Waals surface area contributed by atoms with Gasteiger partial charge in [-0.25, -0.2) is 4.79 Å². The van der Waals surface area contributed by atoms with Crippen LogP contribution < -0.4 is 0 Å². The van der Waals surface area contributed by atoms with Crippen molar-refractivity contribution in [1.29, 1.82) is 0 Å². The Labute approximate surface area is 101 Å². The smallest absolute Gasteiger partial charge is 0.429 e. The van der Waals surface area contributed by atoms with Gasteiger partial charge in [0.25, 0.3) is 5.91 Å². The van der Waals surface area contributed by atoms with Crippen LogP contribution in [0.2, 0.25) is 0 Å². The van der Waals surface area contributed by atoms with Crippen molar-refractivity contribution >= 4 is 12.1 Å².